The van der Waals surface area contributed by atoms with Gasteiger partial charge in [0.15, 0.2) is 6.33 Å². The molecular weight excluding hydrogens is 434 g/mol. The van der Waals surface area contributed by atoms with E-state index in [1.807, 2.05) is 11.6 Å². The number of aromatic amines is 1. The number of H-pyrrole nitrogens is 1. The van der Waals surface area contributed by atoms with E-state index in [0.29, 0.717) is 24.5 Å². The van der Waals surface area contributed by atoms with E-state index in [2.05, 4.69) is 23.7 Å². The van der Waals surface area contributed by atoms with Crippen LogP contribution in [0.3, 0.4) is 0 Å². The highest BCUT2D eigenvalue weighted by molar-refractivity contribution is 7.25. The van der Waals surface area contributed by atoms with Gasteiger partial charge < -0.3 is 14.4 Å². The van der Waals surface area contributed by atoms with Gasteiger partial charge in [0, 0.05) is 35.8 Å². The summed E-state index contributed by atoms with van der Waals surface area (Å²) in [7, 11) is 0. The molecule has 0 amide bonds. The Bertz CT molecular complexity index is 1350. The first-order valence-corrected chi connectivity index (χ1v) is 12.0. The molecular formula is C21H22N5O3S2+. The monoisotopic (exact) mass is 456 g/mol. The molecule has 6 rings (SSSR count). The van der Waals surface area contributed by atoms with Gasteiger partial charge in [-0.15, -0.1) is 15.9 Å². The minimum absolute atomic E-state index is 0.0697. The Morgan fingerprint density at radius 2 is 2.06 bits per heavy atom. The van der Waals surface area contributed by atoms with E-state index in [9.17, 15) is 4.79 Å². The summed E-state index contributed by atoms with van der Waals surface area (Å²) in [5.41, 5.74) is 2.72. The molecule has 1 N–H and O–H groups in total. The predicted octanol–water partition coefficient (Wildman–Crippen LogP) is 2.56. The number of aromatic nitrogens is 4. The van der Waals surface area contributed by atoms with E-state index < -0.39 is 0 Å². The number of morpholine rings is 1. The van der Waals surface area contributed by atoms with E-state index in [0.717, 1.165) is 51.8 Å². The molecule has 1 saturated heterocycles. The summed E-state index contributed by atoms with van der Waals surface area (Å²) in [5.74, 6) is 0.958. The van der Waals surface area contributed by atoms with Crippen molar-refractivity contribution < 1.29 is 14.5 Å². The maximum absolute atomic E-state index is 13.3. The van der Waals surface area contributed by atoms with E-state index in [1.54, 1.807) is 10.9 Å². The average Bonchev–Trinajstić information content (AvgIpc) is 3.42. The molecule has 0 unspecified atom stereocenters. The van der Waals surface area contributed by atoms with Crippen molar-refractivity contribution in [3.8, 4) is 5.13 Å². The Morgan fingerprint density at radius 3 is 2.84 bits per heavy atom. The molecule has 0 saturated carbocycles. The first kappa shape index (κ1) is 19.3. The molecule has 8 nitrogen and oxygen atoms in total. The first-order chi connectivity index (χ1) is 15.0. The Kier molecular flexibility index (Phi) is 4.39. The molecule has 4 aromatic rings. The van der Waals surface area contributed by atoms with Gasteiger partial charge in [0.1, 0.15) is 20.9 Å². The molecule has 2 aliphatic heterocycles. The lowest BCUT2D eigenvalue weighted by Gasteiger charge is -2.36. The predicted molar refractivity (Wildman–Crippen MR) is 121 cm³/mol. The lowest BCUT2D eigenvalue weighted by molar-refractivity contribution is -0.366. The summed E-state index contributed by atoms with van der Waals surface area (Å²) < 4.78 is 13.9. The molecule has 0 aromatic carbocycles. The number of rotatable bonds is 2. The molecule has 4 aromatic heterocycles. The molecule has 2 aliphatic rings. The van der Waals surface area contributed by atoms with Crippen LogP contribution in [0.15, 0.2) is 22.7 Å². The van der Waals surface area contributed by atoms with Crippen LogP contribution in [0, 0.1) is 0 Å². The number of fused-ring (bicyclic) bond motifs is 5. The Balaban J connectivity index is 1.64. The smallest absolute Gasteiger partial charge is 0.360 e. The fraction of sp³-hybridized carbons (Fsp3) is 0.429. The number of pyridine rings is 1. The lowest BCUT2D eigenvalue weighted by Crippen LogP contribution is -2.39. The molecule has 0 bridgehead atoms. The van der Waals surface area contributed by atoms with Crippen LogP contribution in [0.5, 0.6) is 0 Å². The Labute approximate surface area is 186 Å². The fourth-order valence-electron chi connectivity index (χ4n) is 4.39. The zero-order valence-corrected chi connectivity index (χ0v) is 18.9. The summed E-state index contributed by atoms with van der Waals surface area (Å²) in [6, 6.07) is 0. The topological polar surface area (TPSA) is 83.6 Å². The van der Waals surface area contributed by atoms with Crippen LogP contribution in [-0.2, 0) is 22.5 Å². The summed E-state index contributed by atoms with van der Waals surface area (Å²) in [5, 5.41) is 3.66. The number of hydrogen-bond donors (Lipinski definition) is 0. The molecule has 6 heterocycles. The molecule has 160 valence electrons. The molecule has 0 spiro atoms. The largest absolute Gasteiger partial charge is 0.378 e. The van der Waals surface area contributed by atoms with Gasteiger partial charge >= 0.3 is 10.7 Å². The van der Waals surface area contributed by atoms with Crippen LogP contribution in [-0.4, -0.2) is 46.4 Å². The van der Waals surface area contributed by atoms with Crippen LogP contribution in [0.1, 0.15) is 25.0 Å². The zero-order valence-electron chi connectivity index (χ0n) is 17.3. The van der Waals surface area contributed by atoms with Crippen molar-refractivity contribution in [1.82, 2.24) is 14.5 Å². The standard InChI is InChI=1S/C21H21N5O3S2/c1-21(2)9-12-13(10-29-21)17(25-4-6-28-7-5-25)24-18-14(12)15-16(31-18)19(27)26(11-23-15)20-22-3-8-30-20/h3,8,11H,4-7,9-10H2,1-2H3/p+1. The second kappa shape index (κ2) is 7.06. The maximum atomic E-state index is 13.3. The molecule has 0 aliphatic carbocycles. The first-order valence-electron chi connectivity index (χ1n) is 10.3. The minimum Gasteiger partial charge on any atom is -0.378 e. The lowest BCUT2D eigenvalue weighted by atomic mass is 9.90. The van der Waals surface area contributed by atoms with Crippen molar-refractivity contribution in [2.45, 2.75) is 32.5 Å². The zero-order chi connectivity index (χ0) is 21.2. The highest BCUT2D eigenvalue weighted by atomic mass is 32.1. The fourth-order valence-corrected chi connectivity index (χ4v) is 6.12. The van der Waals surface area contributed by atoms with Crippen LogP contribution < -0.4 is 15.4 Å². The van der Waals surface area contributed by atoms with Crippen molar-refractivity contribution >= 4 is 48.9 Å². The number of nitrogens with one attached hydrogen (secondary N) is 1. The SMILES string of the molecule is CC1(C)Cc2c(c(N3CCOCC3)nc3sc4c(=O)n(-c5[nH+]ccs5)cnc4c23)CO1. The molecule has 10 heteroatoms. The minimum atomic E-state index is -0.279. The van der Waals surface area contributed by atoms with Crippen LogP contribution in [0.25, 0.3) is 25.6 Å². The molecule has 1 fully saturated rings. The van der Waals surface area contributed by atoms with Crippen LogP contribution in [0.2, 0.25) is 0 Å². The van der Waals surface area contributed by atoms with Crippen LogP contribution in [0.4, 0.5) is 5.82 Å². The normalized spacial score (nSPS) is 18.6. The highest BCUT2D eigenvalue weighted by Crippen LogP contribution is 2.42. The van der Waals surface area contributed by atoms with Crippen molar-refractivity contribution in [3.63, 3.8) is 0 Å². The third kappa shape index (κ3) is 3.08. The van der Waals surface area contributed by atoms with Gasteiger partial charge in [0.2, 0.25) is 0 Å². The molecule has 0 radical (unpaired) electrons. The van der Waals surface area contributed by atoms with Gasteiger partial charge in [-0.05, 0) is 19.4 Å². The molecule has 0 atom stereocenters. The number of thiophene rings is 1. The maximum Gasteiger partial charge on any atom is 0.360 e. The van der Waals surface area contributed by atoms with E-state index in [1.165, 1.54) is 28.2 Å². The van der Waals surface area contributed by atoms with Crippen LogP contribution >= 0.6 is 22.7 Å². The third-order valence-corrected chi connectivity index (χ3v) is 7.79. The van der Waals surface area contributed by atoms with Crippen molar-refractivity contribution in [2.75, 3.05) is 31.2 Å². The van der Waals surface area contributed by atoms with Gasteiger partial charge in [-0.2, -0.15) is 0 Å². The summed E-state index contributed by atoms with van der Waals surface area (Å²) in [6.07, 6.45) is 4.19. The number of anilines is 1. The molecule has 31 heavy (non-hydrogen) atoms. The van der Waals surface area contributed by atoms with E-state index >= 15 is 0 Å². The number of ether oxygens (including phenoxy) is 2. The van der Waals surface area contributed by atoms with Crippen molar-refractivity contribution in [3.05, 3.63) is 39.4 Å². The average molecular weight is 457 g/mol. The quantitative estimate of drug-likeness (QED) is 0.461. The van der Waals surface area contributed by atoms with Crippen molar-refractivity contribution in [2.24, 2.45) is 0 Å². The highest BCUT2D eigenvalue weighted by Gasteiger charge is 2.33. The Morgan fingerprint density at radius 1 is 1.23 bits per heavy atom. The summed E-state index contributed by atoms with van der Waals surface area (Å²) >= 11 is 2.91. The van der Waals surface area contributed by atoms with Crippen molar-refractivity contribution in [1.29, 1.82) is 0 Å². The number of thiazole rings is 1. The van der Waals surface area contributed by atoms with Gasteiger partial charge in [-0.25, -0.2) is 19.7 Å². The Hall–Kier alpha value is -2.40. The van der Waals surface area contributed by atoms with E-state index in [4.69, 9.17) is 19.4 Å². The second-order valence-corrected chi connectivity index (χ2v) is 10.4. The van der Waals surface area contributed by atoms with Gasteiger partial charge in [0.25, 0.3) is 0 Å². The number of nitrogens with zero attached hydrogens (tertiary/aromatic N) is 4. The number of hydrogen-bond acceptors (Lipinski definition) is 8. The van der Waals surface area contributed by atoms with Gasteiger partial charge in [-0.3, -0.25) is 0 Å². The van der Waals surface area contributed by atoms with E-state index in [-0.39, 0.29) is 11.2 Å². The summed E-state index contributed by atoms with van der Waals surface area (Å²) in [6.45, 7) is 7.72. The van der Waals surface area contributed by atoms with Gasteiger partial charge in [0.05, 0.1) is 31.6 Å². The second-order valence-electron chi connectivity index (χ2n) is 8.47. The van der Waals surface area contributed by atoms with Gasteiger partial charge in [-0.1, -0.05) is 11.3 Å². The summed E-state index contributed by atoms with van der Waals surface area (Å²) in [4.78, 5) is 29.3. The third-order valence-electron chi connectivity index (χ3n) is 5.92.